The maximum atomic E-state index is 12.3. The quantitative estimate of drug-likeness (QED) is 0.727. The van der Waals surface area contributed by atoms with Crippen molar-refractivity contribution in [1.82, 2.24) is 10.2 Å². The fourth-order valence-electron chi connectivity index (χ4n) is 3.69. The molecule has 2 aromatic carbocycles. The van der Waals surface area contributed by atoms with E-state index in [2.05, 4.69) is 49.2 Å². The molecule has 28 heavy (non-hydrogen) atoms. The van der Waals surface area contributed by atoms with Crippen LogP contribution in [0.25, 0.3) is 0 Å². The molecule has 4 nitrogen and oxygen atoms in total. The minimum atomic E-state index is -0.0534. The maximum Gasteiger partial charge on any atom is 0.251 e. The lowest BCUT2D eigenvalue weighted by atomic mass is 9.99. The Kier molecular flexibility index (Phi) is 7.10. The molecule has 0 bridgehead atoms. The molecule has 3 rings (SSSR count). The topological polar surface area (TPSA) is 41.6 Å². The first-order valence-corrected chi connectivity index (χ1v) is 10.3. The highest BCUT2D eigenvalue weighted by Crippen LogP contribution is 2.18. The van der Waals surface area contributed by atoms with Gasteiger partial charge in [0.2, 0.25) is 0 Å². The summed E-state index contributed by atoms with van der Waals surface area (Å²) in [7, 11) is 0. The van der Waals surface area contributed by atoms with Gasteiger partial charge in [0.15, 0.2) is 0 Å². The second kappa shape index (κ2) is 9.74. The number of nitrogens with zero attached hydrogens (tertiary/aromatic N) is 1. The highest BCUT2D eigenvalue weighted by atomic mass is 16.5. The molecule has 2 aromatic rings. The van der Waals surface area contributed by atoms with Crippen molar-refractivity contribution in [2.24, 2.45) is 5.92 Å². The van der Waals surface area contributed by atoms with Crippen molar-refractivity contribution in [2.45, 2.75) is 40.2 Å². The zero-order chi connectivity index (χ0) is 19.9. The summed E-state index contributed by atoms with van der Waals surface area (Å²) in [5.41, 5.74) is 4.32. The molecule has 1 amide bonds. The molecule has 150 valence electrons. The molecular weight excluding hydrogens is 348 g/mol. The van der Waals surface area contributed by atoms with E-state index in [1.54, 1.807) is 0 Å². The van der Waals surface area contributed by atoms with E-state index in [0.717, 1.165) is 18.2 Å². The van der Waals surface area contributed by atoms with Crippen LogP contribution in [0.1, 0.15) is 46.8 Å². The minimum absolute atomic E-state index is 0.0534. The number of benzene rings is 2. The third kappa shape index (κ3) is 6.10. The van der Waals surface area contributed by atoms with Gasteiger partial charge in [-0.05, 0) is 86.7 Å². The summed E-state index contributed by atoms with van der Waals surface area (Å²) in [6.07, 6.45) is 2.56. The standard InChI is InChI=1S/C24H32N2O2/c1-18-8-11-26(12-9-18)17-21-4-6-22(7-5-21)24(27)25-10-13-28-23-15-19(2)14-20(3)16-23/h4-7,14-16,18H,8-13,17H2,1-3H3,(H,25,27). The zero-order valence-corrected chi connectivity index (χ0v) is 17.3. The Hall–Kier alpha value is -2.33. The Morgan fingerprint density at radius 2 is 1.71 bits per heavy atom. The van der Waals surface area contributed by atoms with Crippen LogP contribution in [-0.2, 0) is 6.54 Å². The third-order valence-corrected chi connectivity index (χ3v) is 5.35. The number of likely N-dealkylation sites (tertiary alicyclic amines) is 1. The number of nitrogens with one attached hydrogen (secondary N) is 1. The van der Waals surface area contributed by atoms with Crippen LogP contribution >= 0.6 is 0 Å². The Labute approximate surface area is 168 Å². The molecule has 1 N–H and O–H groups in total. The largest absolute Gasteiger partial charge is 0.492 e. The van der Waals surface area contributed by atoms with Gasteiger partial charge in [-0.25, -0.2) is 0 Å². The average Bonchev–Trinajstić information content (AvgIpc) is 2.67. The summed E-state index contributed by atoms with van der Waals surface area (Å²) in [5.74, 6) is 1.65. The van der Waals surface area contributed by atoms with E-state index < -0.39 is 0 Å². The van der Waals surface area contributed by atoms with Crippen LogP contribution in [0.15, 0.2) is 42.5 Å². The molecule has 0 spiro atoms. The highest BCUT2D eigenvalue weighted by Gasteiger charge is 2.15. The van der Waals surface area contributed by atoms with Gasteiger partial charge in [-0.3, -0.25) is 9.69 Å². The molecule has 1 aliphatic heterocycles. The van der Waals surface area contributed by atoms with Gasteiger partial charge in [0, 0.05) is 12.1 Å². The number of carbonyl (C=O) groups is 1. The van der Waals surface area contributed by atoms with E-state index >= 15 is 0 Å². The van der Waals surface area contributed by atoms with Crippen LogP contribution in [0.4, 0.5) is 0 Å². The van der Waals surface area contributed by atoms with E-state index in [1.807, 2.05) is 24.3 Å². The SMILES string of the molecule is Cc1cc(C)cc(OCCNC(=O)c2ccc(CN3CCC(C)CC3)cc2)c1. The van der Waals surface area contributed by atoms with Crippen LogP contribution in [-0.4, -0.2) is 37.0 Å². The van der Waals surface area contributed by atoms with Gasteiger partial charge in [-0.2, -0.15) is 0 Å². The monoisotopic (exact) mass is 380 g/mol. The Morgan fingerprint density at radius 3 is 2.36 bits per heavy atom. The summed E-state index contributed by atoms with van der Waals surface area (Å²) in [6, 6.07) is 14.1. The normalized spacial score (nSPS) is 15.4. The van der Waals surface area contributed by atoms with E-state index in [-0.39, 0.29) is 5.91 Å². The molecule has 1 saturated heterocycles. The Balaban J connectivity index is 1.41. The first kappa shape index (κ1) is 20.4. The van der Waals surface area contributed by atoms with Crippen molar-refractivity contribution in [3.05, 3.63) is 64.7 Å². The van der Waals surface area contributed by atoms with Gasteiger partial charge in [0.05, 0.1) is 6.54 Å². The highest BCUT2D eigenvalue weighted by molar-refractivity contribution is 5.94. The van der Waals surface area contributed by atoms with Crippen molar-refractivity contribution >= 4 is 5.91 Å². The second-order valence-corrected chi connectivity index (χ2v) is 8.08. The van der Waals surface area contributed by atoms with E-state index in [1.165, 1.54) is 42.6 Å². The molecule has 1 heterocycles. The molecule has 1 aliphatic rings. The molecule has 4 heteroatoms. The number of aryl methyl sites for hydroxylation is 2. The van der Waals surface area contributed by atoms with Crippen molar-refractivity contribution < 1.29 is 9.53 Å². The summed E-state index contributed by atoms with van der Waals surface area (Å²) in [6.45, 7) is 10.7. The third-order valence-electron chi connectivity index (χ3n) is 5.35. The first-order valence-electron chi connectivity index (χ1n) is 10.3. The van der Waals surface area contributed by atoms with E-state index in [0.29, 0.717) is 18.7 Å². The summed E-state index contributed by atoms with van der Waals surface area (Å²) >= 11 is 0. The number of amides is 1. The Bertz CT molecular complexity index is 757. The zero-order valence-electron chi connectivity index (χ0n) is 17.3. The molecular formula is C24H32N2O2. The number of hydrogen-bond acceptors (Lipinski definition) is 3. The molecule has 0 saturated carbocycles. The number of piperidine rings is 1. The smallest absolute Gasteiger partial charge is 0.251 e. The van der Waals surface area contributed by atoms with Crippen molar-refractivity contribution in [1.29, 1.82) is 0 Å². The van der Waals surface area contributed by atoms with Gasteiger partial charge in [0.25, 0.3) is 5.91 Å². The first-order chi connectivity index (χ1) is 13.5. The summed E-state index contributed by atoms with van der Waals surface area (Å²) < 4.78 is 5.74. The van der Waals surface area contributed by atoms with Crippen LogP contribution in [0, 0.1) is 19.8 Å². The van der Waals surface area contributed by atoms with Gasteiger partial charge < -0.3 is 10.1 Å². The van der Waals surface area contributed by atoms with E-state index in [4.69, 9.17) is 4.74 Å². The molecule has 1 fully saturated rings. The van der Waals surface area contributed by atoms with Crippen LogP contribution in [0.3, 0.4) is 0 Å². The lowest BCUT2D eigenvalue weighted by Gasteiger charge is -2.30. The van der Waals surface area contributed by atoms with Crippen LogP contribution < -0.4 is 10.1 Å². The number of carbonyl (C=O) groups excluding carboxylic acids is 1. The van der Waals surface area contributed by atoms with Gasteiger partial charge in [-0.15, -0.1) is 0 Å². The second-order valence-electron chi connectivity index (χ2n) is 8.08. The summed E-state index contributed by atoms with van der Waals surface area (Å²) in [5, 5.41) is 2.93. The van der Waals surface area contributed by atoms with Gasteiger partial charge in [-0.1, -0.05) is 25.1 Å². The maximum absolute atomic E-state index is 12.3. The lowest BCUT2D eigenvalue weighted by molar-refractivity contribution is 0.0947. The number of rotatable bonds is 7. The van der Waals surface area contributed by atoms with Crippen molar-refractivity contribution in [2.75, 3.05) is 26.2 Å². The molecule has 0 radical (unpaired) electrons. The molecule has 0 unspecified atom stereocenters. The van der Waals surface area contributed by atoms with Gasteiger partial charge in [0.1, 0.15) is 12.4 Å². The average molecular weight is 381 g/mol. The Morgan fingerprint density at radius 1 is 1.07 bits per heavy atom. The van der Waals surface area contributed by atoms with E-state index in [9.17, 15) is 4.79 Å². The summed E-state index contributed by atoms with van der Waals surface area (Å²) in [4.78, 5) is 14.8. The van der Waals surface area contributed by atoms with Crippen LogP contribution in [0.2, 0.25) is 0 Å². The predicted octanol–water partition coefficient (Wildman–Crippen LogP) is 4.34. The number of ether oxygens (including phenoxy) is 1. The number of hydrogen-bond donors (Lipinski definition) is 1. The van der Waals surface area contributed by atoms with Gasteiger partial charge >= 0.3 is 0 Å². The fraction of sp³-hybridized carbons (Fsp3) is 0.458. The lowest BCUT2D eigenvalue weighted by Crippen LogP contribution is -2.32. The van der Waals surface area contributed by atoms with Crippen molar-refractivity contribution in [3.63, 3.8) is 0 Å². The predicted molar refractivity (Wildman–Crippen MR) is 114 cm³/mol. The molecule has 0 atom stereocenters. The molecule has 0 aliphatic carbocycles. The molecule has 0 aromatic heterocycles. The van der Waals surface area contributed by atoms with Crippen molar-refractivity contribution in [3.8, 4) is 5.75 Å². The fourth-order valence-corrected chi connectivity index (χ4v) is 3.69. The minimum Gasteiger partial charge on any atom is -0.492 e. The van der Waals surface area contributed by atoms with Crippen LogP contribution in [0.5, 0.6) is 5.75 Å².